The van der Waals surface area contributed by atoms with Gasteiger partial charge >= 0.3 is 6.09 Å². The van der Waals surface area contributed by atoms with Crippen LogP contribution in [0.1, 0.15) is 12.6 Å². The molecule has 0 bridgehead atoms. The van der Waals surface area contributed by atoms with Crippen LogP contribution in [-0.4, -0.2) is 49.4 Å². The second-order valence-corrected chi connectivity index (χ2v) is 8.38. The lowest BCUT2D eigenvalue weighted by atomic mass is 9.96. The fraction of sp³-hybridized carbons (Fsp3) is 0.391. The molecule has 2 aliphatic heterocycles. The predicted molar refractivity (Wildman–Crippen MR) is 111 cm³/mol. The van der Waals surface area contributed by atoms with Gasteiger partial charge in [-0.2, -0.15) is 5.26 Å². The number of fused-ring (bicyclic) bond motifs is 1. The van der Waals surface area contributed by atoms with E-state index in [1.165, 1.54) is 17.9 Å². The van der Waals surface area contributed by atoms with Crippen molar-refractivity contribution < 1.29 is 23.5 Å². The fourth-order valence-electron chi connectivity index (χ4n) is 4.76. The average molecular weight is 436 g/mol. The Morgan fingerprint density at radius 2 is 2.12 bits per heavy atom. The largest absolute Gasteiger partial charge is 0.442 e. The van der Waals surface area contributed by atoms with Gasteiger partial charge < -0.3 is 14.8 Å². The summed E-state index contributed by atoms with van der Waals surface area (Å²) in [6.45, 7) is 2.95. The number of anilines is 1. The Kier molecular flexibility index (Phi) is 4.82. The maximum atomic E-state index is 14.9. The van der Waals surface area contributed by atoms with E-state index in [4.69, 9.17) is 9.47 Å². The van der Waals surface area contributed by atoms with Crippen LogP contribution in [0.3, 0.4) is 0 Å². The molecule has 8 nitrogen and oxygen atoms in total. The molecule has 1 N–H and O–H groups in total. The number of ether oxygens (including phenoxy) is 2. The summed E-state index contributed by atoms with van der Waals surface area (Å²) >= 11 is 0. The lowest BCUT2D eigenvalue weighted by molar-refractivity contribution is -0.119. The number of nitrogens with one attached hydrogen (secondary N) is 1. The molecule has 2 aromatic rings. The van der Waals surface area contributed by atoms with Gasteiger partial charge in [-0.25, -0.2) is 9.18 Å². The molecule has 0 radical (unpaired) electrons. The quantitative estimate of drug-likeness (QED) is 0.772. The topological polar surface area (TPSA) is 105 Å². The highest BCUT2D eigenvalue weighted by Crippen LogP contribution is 2.62. The van der Waals surface area contributed by atoms with Crippen LogP contribution < -0.4 is 10.2 Å². The number of nitriles is 1. The molecular formula is C23H21FN4O4. The zero-order chi connectivity index (χ0) is 22.5. The number of pyridine rings is 1. The summed E-state index contributed by atoms with van der Waals surface area (Å²) in [7, 11) is 0. The highest BCUT2D eigenvalue weighted by Gasteiger charge is 2.70. The molecule has 3 fully saturated rings. The van der Waals surface area contributed by atoms with E-state index in [2.05, 4.69) is 16.4 Å². The molecule has 0 spiro atoms. The molecule has 3 aliphatic rings. The third kappa shape index (κ3) is 3.19. The number of benzene rings is 1. The molecule has 2 saturated heterocycles. The Morgan fingerprint density at radius 1 is 1.34 bits per heavy atom. The summed E-state index contributed by atoms with van der Waals surface area (Å²) in [5.74, 6) is -0.358. The molecule has 5 rings (SSSR count). The predicted octanol–water partition coefficient (Wildman–Crippen LogP) is 2.39. The van der Waals surface area contributed by atoms with Crippen molar-refractivity contribution in [2.75, 3.05) is 31.2 Å². The smallest absolute Gasteiger partial charge is 0.414 e. The van der Waals surface area contributed by atoms with Crippen molar-refractivity contribution in [1.82, 2.24) is 10.3 Å². The van der Waals surface area contributed by atoms with Crippen molar-refractivity contribution in [3.8, 4) is 17.2 Å². The van der Waals surface area contributed by atoms with Crippen LogP contribution in [0.25, 0.3) is 11.1 Å². The number of cyclic esters (lactones) is 1. The molecule has 2 amide bonds. The normalized spacial score (nSPS) is 28.1. The minimum absolute atomic E-state index is 0.177. The number of nitrogens with zero attached hydrogens (tertiary/aromatic N) is 3. The molecule has 9 heteroatoms. The number of hydrogen-bond acceptors (Lipinski definition) is 6. The second-order valence-electron chi connectivity index (χ2n) is 8.38. The van der Waals surface area contributed by atoms with Gasteiger partial charge in [0.2, 0.25) is 5.91 Å². The minimum Gasteiger partial charge on any atom is -0.442 e. The Balaban J connectivity index is 1.32. The Labute approximate surface area is 183 Å². The van der Waals surface area contributed by atoms with Crippen LogP contribution in [-0.2, 0) is 19.7 Å². The van der Waals surface area contributed by atoms with E-state index >= 15 is 0 Å². The zero-order valence-electron chi connectivity index (χ0n) is 17.4. The Hall–Kier alpha value is -3.51. The highest BCUT2D eigenvalue weighted by molar-refractivity contribution is 5.90. The monoisotopic (exact) mass is 436 g/mol. The van der Waals surface area contributed by atoms with Gasteiger partial charge in [-0.3, -0.25) is 14.7 Å². The fourth-order valence-corrected chi connectivity index (χ4v) is 4.76. The molecular weight excluding hydrogens is 415 g/mol. The van der Waals surface area contributed by atoms with Gasteiger partial charge in [0.05, 0.1) is 43.8 Å². The molecule has 1 aromatic carbocycles. The van der Waals surface area contributed by atoms with E-state index < -0.39 is 23.4 Å². The van der Waals surface area contributed by atoms with Crippen molar-refractivity contribution in [1.29, 1.82) is 5.26 Å². The summed E-state index contributed by atoms with van der Waals surface area (Å²) in [4.78, 5) is 29.0. The van der Waals surface area contributed by atoms with Crippen LogP contribution >= 0.6 is 0 Å². The molecule has 4 atom stereocenters. The molecule has 0 unspecified atom stereocenters. The summed E-state index contributed by atoms with van der Waals surface area (Å²) in [6.07, 6.45) is 0.500. The molecule has 1 saturated carbocycles. The van der Waals surface area contributed by atoms with E-state index in [1.807, 2.05) is 0 Å². The van der Waals surface area contributed by atoms with Gasteiger partial charge in [0, 0.05) is 36.1 Å². The van der Waals surface area contributed by atoms with Crippen LogP contribution in [0.15, 0.2) is 36.5 Å². The summed E-state index contributed by atoms with van der Waals surface area (Å²) in [5.41, 5.74) is 1.41. The van der Waals surface area contributed by atoms with Gasteiger partial charge in [0.25, 0.3) is 0 Å². The van der Waals surface area contributed by atoms with Crippen LogP contribution in [0.2, 0.25) is 0 Å². The standard InChI is InChI=1S/C23H21FN4O4/c1-13(29)26-8-16-9-28(22(30)32-16)15-3-4-17(20(24)6-15)14-2-5-21(27-7-14)23(12-25)18-10-31-11-19(18)23/h2-7,16,18-19H,8-11H2,1H3,(H,26,29)/t16-,18-,19+,23+/m0/s1. The average Bonchev–Trinajstić information content (AvgIpc) is 3.09. The lowest BCUT2D eigenvalue weighted by Gasteiger charge is -2.15. The first-order valence-corrected chi connectivity index (χ1v) is 10.4. The number of aromatic nitrogens is 1. The van der Waals surface area contributed by atoms with E-state index in [-0.39, 0.29) is 30.8 Å². The van der Waals surface area contributed by atoms with E-state index in [0.717, 1.165) is 0 Å². The molecule has 3 heterocycles. The number of halogens is 1. The van der Waals surface area contributed by atoms with Gasteiger partial charge in [0.15, 0.2) is 0 Å². The van der Waals surface area contributed by atoms with Crippen molar-refractivity contribution in [2.45, 2.75) is 18.4 Å². The summed E-state index contributed by atoms with van der Waals surface area (Å²) in [5, 5.41) is 12.3. The first-order valence-electron chi connectivity index (χ1n) is 10.4. The number of hydrogen-bond donors (Lipinski definition) is 1. The van der Waals surface area contributed by atoms with Gasteiger partial charge in [0.1, 0.15) is 17.3 Å². The zero-order valence-corrected chi connectivity index (χ0v) is 17.4. The Bertz CT molecular complexity index is 1120. The minimum atomic E-state index is -0.594. The molecule has 1 aliphatic carbocycles. The number of carbonyl (C=O) groups is 2. The lowest BCUT2D eigenvalue weighted by Crippen LogP contribution is -2.33. The molecule has 1 aromatic heterocycles. The first-order chi connectivity index (χ1) is 15.4. The van der Waals surface area contributed by atoms with Crippen molar-refractivity contribution in [3.05, 3.63) is 48.0 Å². The van der Waals surface area contributed by atoms with Gasteiger partial charge in [-0.15, -0.1) is 0 Å². The third-order valence-corrected chi connectivity index (χ3v) is 6.54. The van der Waals surface area contributed by atoms with Crippen molar-refractivity contribution >= 4 is 17.7 Å². The number of carbonyl (C=O) groups excluding carboxylic acids is 2. The van der Waals surface area contributed by atoms with Crippen LogP contribution in [0, 0.1) is 29.0 Å². The third-order valence-electron chi connectivity index (χ3n) is 6.54. The van der Waals surface area contributed by atoms with E-state index in [9.17, 15) is 19.2 Å². The van der Waals surface area contributed by atoms with Gasteiger partial charge in [-0.05, 0) is 24.3 Å². The number of amides is 2. The maximum absolute atomic E-state index is 14.9. The second kappa shape index (κ2) is 7.57. The number of rotatable bonds is 5. The molecule has 32 heavy (non-hydrogen) atoms. The van der Waals surface area contributed by atoms with E-state index in [1.54, 1.807) is 30.5 Å². The van der Waals surface area contributed by atoms with E-state index in [0.29, 0.717) is 35.7 Å². The highest BCUT2D eigenvalue weighted by atomic mass is 19.1. The molecule has 164 valence electrons. The van der Waals surface area contributed by atoms with Gasteiger partial charge in [-0.1, -0.05) is 6.07 Å². The van der Waals surface area contributed by atoms with Crippen LogP contribution in [0.4, 0.5) is 14.9 Å². The van der Waals surface area contributed by atoms with Crippen LogP contribution in [0.5, 0.6) is 0 Å². The van der Waals surface area contributed by atoms with Crippen molar-refractivity contribution in [3.63, 3.8) is 0 Å². The van der Waals surface area contributed by atoms with Crippen molar-refractivity contribution in [2.24, 2.45) is 11.8 Å². The summed E-state index contributed by atoms with van der Waals surface area (Å²) in [6, 6.07) is 10.5. The maximum Gasteiger partial charge on any atom is 0.414 e. The SMILES string of the molecule is CC(=O)NC[C@H]1CN(c2ccc(-c3ccc([C@@]4(C#N)[C@@H]5COC[C@@H]54)nc3)c(F)c2)C(=O)O1. The summed E-state index contributed by atoms with van der Waals surface area (Å²) < 4.78 is 25.6. The first kappa shape index (κ1) is 20.4. The Morgan fingerprint density at radius 3 is 2.75 bits per heavy atom.